The first-order chi connectivity index (χ1) is 12.4. The van der Waals surface area contributed by atoms with Crippen LogP contribution >= 0.6 is 0 Å². The minimum Gasteiger partial charge on any atom is -0.376 e. The third-order valence-electron chi connectivity index (χ3n) is 5.31. The Hall–Kier alpha value is -1.44. The van der Waals surface area contributed by atoms with Crippen LogP contribution in [-0.4, -0.2) is 51.0 Å². The molecular weight excluding hydrogens is 352 g/mol. The van der Waals surface area contributed by atoms with Crippen LogP contribution in [0.4, 0.5) is 0 Å². The van der Waals surface area contributed by atoms with Crippen molar-refractivity contribution >= 4 is 15.9 Å². The van der Waals surface area contributed by atoms with Crippen molar-refractivity contribution in [1.29, 1.82) is 0 Å². The van der Waals surface area contributed by atoms with Gasteiger partial charge in [0.15, 0.2) is 0 Å². The van der Waals surface area contributed by atoms with Gasteiger partial charge in [-0.05, 0) is 56.7 Å². The van der Waals surface area contributed by atoms with Gasteiger partial charge in [-0.1, -0.05) is 12.1 Å². The number of benzene rings is 1. The number of sulfonamides is 1. The van der Waals surface area contributed by atoms with Crippen molar-refractivity contribution in [2.75, 3.05) is 26.2 Å². The summed E-state index contributed by atoms with van der Waals surface area (Å²) in [5, 5.41) is 2.96. The van der Waals surface area contributed by atoms with E-state index in [1.165, 1.54) is 4.31 Å². The Morgan fingerprint density at radius 2 is 1.96 bits per heavy atom. The van der Waals surface area contributed by atoms with Gasteiger partial charge in [0, 0.05) is 32.2 Å². The Kier molecular flexibility index (Phi) is 5.99. The van der Waals surface area contributed by atoms with Gasteiger partial charge in [-0.2, -0.15) is 4.31 Å². The molecule has 7 heteroatoms. The third kappa shape index (κ3) is 4.27. The maximum absolute atomic E-state index is 12.9. The summed E-state index contributed by atoms with van der Waals surface area (Å²) in [6.45, 7) is 5.80. The molecule has 2 aliphatic rings. The maximum atomic E-state index is 12.9. The van der Waals surface area contributed by atoms with Gasteiger partial charge in [-0.3, -0.25) is 4.79 Å². The Morgan fingerprint density at radius 1 is 1.23 bits per heavy atom. The van der Waals surface area contributed by atoms with Crippen LogP contribution in [-0.2, 0) is 19.6 Å². The fraction of sp³-hybridized carbons (Fsp3) is 0.632. The number of rotatable bonds is 5. The van der Waals surface area contributed by atoms with Crippen molar-refractivity contribution in [3.63, 3.8) is 0 Å². The lowest BCUT2D eigenvalue weighted by atomic mass is 9.97. The lowest BCUT2D eigenvalue weighted by molar-refractivity contribution is -0.126. The van der Waals surface area contributed by atoms with Crippen molar-refractivity contribution in [3.8, 4) is 0 Å². The number of amides is 1. The molecule has 2 aliphatic heterocycles. The van der Waals surface area contributed by atoms with E-state index in [0.29, 0.717) is 37.4 Å². The van der Waals surface area contributed by atoms with E-state index in [1.807, 2.05) is 26.0 Å². The summed E-state index contributed by atoms with van der Waals surface area (Å²) >= 11 is 0. The van der Waals surface area contributed by atoms with E-state index < -0.39 is 10.0 Å². The summed E-state index contributed by atoms with van der Waals surface area (Å²) in [6, 6.07) is 5.48. The molecule has 1 aromatic carbocycles. The second-order valence-corrected chi connectivity index (χ2v) is 9.23. The Labute approximate surface area is 156 Å². The van der Waals surface area contributed by atoms with Crippen LogP contribution < -0.4 is 5.32 Å². The van der Waals surface area contributed by atoms with Crippen LogP contribution in [0.15, 0.2) is 23.1 Å². The van der Waals surface area contributed by atoms with Crippen molar-refractivity contribution in [3.05, 3.63) is 29.3 Å². The minimum atomic E-state index is -3.51. The number of ether oxygens (including phenoxy) is 1. The number of aryl methyl sites for hydroxylation is 2. The highest BCUT2D eigenvalue weighted by Gasteiger charge is 2.33. The van der Waals surface area contributed by atoms with E-state index in [1.54, 1.807) is 6.07 Å². The predicted octanol–water partition coefficient (Wildman–Crippen LogP) is 2.00. The number of hydrogen-bond donors (Lipinski definition) is 1. The van der Waals surface area contributed by atoms with E-state index in [0.717, 1.165) is 30.6 Å². The highest BCUT2D eigenvalue weighted by Crippen LogP contribution is 2.26. The van der Waals surface area contributed by atoms with Gasteiger partial charge < -0.3 is 10.1 Å². The molecule has 1 amide bonds. The molecule has 2 fully saturated rings. The van der Waals surface area contributed by atoms with Gasteiger partial charge in [-0.25, -0.2) is 8.42 Å². The molecule has 0 aliphatic carbocycles. The first kappa shape index (κ1) is 19.3. The zero-order chi connectivity index (χ0) is 18.7. The summed E-state index contributed by atoms with van der Waals surface area (Å²) in [7, 11) is -3.51. The van der Waals surface area contributed by atoms with Gasteiger partial charge >= 0.3 is 0 Å². The largest absolute Gasteiger partial charge is 0.376 e. The molecule has 1 atom stereocenters. The zero-order valence-electron chi connectivity index (χ0n) is 15.5. The Balaban J connectivity index is 1.57. The Morgan fingerprint density at radius 3 is 2.62 bits per heavy atom. The van der Waals surface area contributed by atoms with Crippen molar-refractivity contribution in [2.45, 2.75) is 50.5 Å². The van der Waals surface area contributed by atoms with Crippen LogP contribution in [0.5, 0.6) is 0 Å². The predicted molar refractivity (Wildman–Crippen MR) is 99.4 cm³/mol. The molecule has 0 saturated carbocycles. The number of piperidine rings is 1. The molecule has 0 aromatic heterocycles. The van der Waals surface area contributed by atoms with E-state index in [2.05, 4.69) is 5.32 Å². The van der Waals surface area contributed by atoms with Gasteiger partial charge in [0.05, 0.1) is 11.0 Å². The zero-order valence-corrected chi connectivity index (χ0v) is 16.3. The van der Waals surface area contributed by atoms with Gasteiger partial charge in [0.2, 0.25) is 15.9 Å². The monoisotopic (exact) mass is 380 g/mol. The van der Waals surface area contributed by atoms with E-state index >= 15 is 0 Å². The molecule has 3 rings (SSSR count). The summed E-state index contributed by atoms with van der Waals surface area (Å²) in [4.78, 5) is 12.7. The molecule has 26 heavy (non-hydrogen) atoms. The fourth-order valence-corrected chi connectivity index (χ4v) is 5.43. The normalized spacial score (nSPS) is 22.5. The molecule has 0 bridgehead atoms. The van der Waals surface area contributed by atoms with Crippen LogP contribution in [0.25, 0.3) is 0 Å². The molecule has 0 spiro atoms. The van der Waals surface area contributed by atoms with Crippen LogP contribution in [0.2, 0.25) is 0 Å². The van der Waals surface area contributed by atoms with Gasteiger partial charge in [0.1, 0.15) is 0 Å². The first-order valence-electron chi connectivity index (χ1n) is 9.34. The molecule has 6 nitrogen and oxygen atoms in total. The van der Waals surface area contributed by atoms with Crippen molar-refractivity contribution in [2.24, 2.45) is 5.92 Å². The average Bonchev–Trinajstić information content (AvgIpc) is 3.15. The summed E-state index contributed by atoms with van der Waals surface area (Å²) in [5.41, 5.74) is 1.68. The molecule has 1 N–H and O–H groups in total. The standard InChI is InChI=1S/C19H28N2O4S/c1-14-5-6-15(2)18(12-14)26(23,24)21-9-7-16(8-10-21)19(22)20-13-17-4-3-11-25-17/h5-6,12,16-17H,3-4,7-11,13H2,1-2H3,(H,20,22)/t17-/m1/s1. The second kappa shape index (κ2) is 8.06. The van der Waals surface area contributed by atoms with Crippen molar-refractivity contribution < 1.29 is 17.9 Å². The topological polar surface area (TPSA) is 75.7 Å². The highest BCUT2D eigenvalue weighted by molar-refractivity contribution is 7.89. The summed E-state index contributed by atoms with van der Waals surface area (Å²) in [5.74, 6) is -0.106. The maximum Gasteiger partial charge on any atom is 0.243 e. The number of carbonyl (C=O) groups is 1. The molecule has 0 radical (unpaired) electrons. The number of nitrogens with zero attached hydrogens (tertiary/aromatic N) is 1. The van der Waals surface area contributed by atoms with Gasteiger partial charge in [-0.15, -0.1) is 0 Å². The van der Waals surface area contributed by atoms with Crippen LogP contribution in [0.3, 0.4) is 0 Å². The molecule has 144 valence electrons. The van der Waals surface area contributed by atoms with Crippen molar-refractivity contribution in [1.82, 2.24) is 9.62 Å². The second-order valence-electron chi connectivity index (χ2n) is 7.33. The first-order valence-corrected chi connectivity index (χ1v) is 10.8. The number of hydrogen-bond acceptors (Lipinski definition) is 4. The molecule has 0 unspecified atom stereocenters. The van der Waals surface area contributed by atoms with Gasteiger partial charge in [0.25, 0.3) is 0 Å². The lowest BCUT2D eigenvalue weighted by Gasteiger charge is -2.31. The van der Waals surface area contributed by atoms with E-state index in [4.69, 9.17) is 4.74 Å². The van der Waals surface area contributed by atoms with E-state index in [-0.39, 0.29) is 17.9 Å². The Bertz CT molecular complexity index is 749. The molecular formula is C19H28N2O4S. The average molecular weight is 381 g/mol. The summed E-state index contributed by atoms with van der Waals surface area (Å²) in [6.07, 6.45) is 3.29. The molecule has 2 saturated heterocycles. The quantitative estimate of drug-likeness (QED) is 0.848. The van der Waals surface area contributed by atoms with E-state index in [9.17, 15) is 13.2 Å². The minimum absolute atomic E-state index is 0.0179. The molecule has 2 heterocycles. The third-order valence-corrected chi connectivity index (χ3v) is 7.35. The lowest BCUT2D eigenvalue weighted by Crippen LogP contribution is -2.44. The fourth-order valence-electron chi connectivity index (χ4n) is 3.65. The number of carbonyl (C=O) groups excluding carboxylic acids is 1. The molecule has 1 aromatic rings. The smallest absolute Gasteiger partial charge is 0.243 e. The number of nitrogens with one attached hydrogen (secondary N) is 1. The van der Waals surface area contributed by atoms with Crippen LogP contribution in [0.1, 0.15) is 36.8 Å². The highest BCUT2D eigenvalue weighted by atomic mass is 32.2. The SMILES string of the molecule is Cc1ccc(C)c(S(=O)(=O)N2CCC(C(=O)NC[C@H]3CCCO3)CC2)c1. The summed E-state index contributed by atoms with van der Waals surface area (Å²) < 4.78 is 32.9. The van der Waals surface area contributed by atoms with Crippen LogP contribution in [0, 0.1) is 19.8 Å².